The molecule has 8 heteroatoms. The molecule has 1 aliphatic rings. The Morgan fingerprint density at radius 3 is 2.88 bits per heavy atom. The molecule has 1 saturated heterocycles. The van der Waals surface area contributed by atoms with Crippen LogP contribution >= 0.6 is 0 Å². The monoisotopic (exact) mass is 358 g/mol. The van der Waals surface area contributed by atoms with Crippen molar-refractivity contribution in [2.24, 2.45) is 0 Å². The fraction of sp³-hybridized carbons (Fsp3) is 0.333. The number of aliphatic hydroxyl groups is 1. The summed E-state index contributed by atoms with van der Waals surface area (Å²) in [6, 6.07) is 9.85. The fourth-order valence-electron chi connectivity index (χ4n) is 2.63. The van der Waals surface area contributed by atoms with Gasteiger partial charge in [-0.1, -0.05) is 6.07 Å². The van der Waals surface area contributed by atoms with Crippen LogP contribution in [0.25, 0.3) is 0 Å². The van der Waals surface area contributed by atoms with E-state index in [9.17, 15) is 9.90 Å². The molecule has 4 N–H and O–H groups in total. The fourth-order valence-corrected chi connectivity index (χ4v) is 2.63. The molecule has 1 aliphatic heterocycles. The lowest BCUT2D eigenvalue weighted by Gasteiger charge is -2.29. The summed E-state index contributed by atoms with van der Waals surface area (Å²) in [7, 11) is 1.59. The van der Waals surface area contributed by atoms with E-state index in [4.69, 9.17) is 9.47 Å². The van der Waals surface area contributed by atoms with Gasteiger partial charge in [0.2, 0.25) is 5.88 Å². The van der Waals surface area contributed by atoms with E-state index in [1.54, 1.807) is 31.4 Å². The average molecular weight is 358 g/mol. The standard InChI is InChI=1S/C18H22N4O4/c1-25-13-3-2-4-14(9-13)26-17-6-5-12(10-20-17)21-18(24)22-15-11-19-8-7-16(15)23/h2-6,9-10,15-16,19,23H,7-8,11H2,1H3,(H2,21,22,24)/t15-,16-/m1/s1. The number of benzene rings is 1. The van der Waals surface area contributed by atoms with Gasteiger partial charge in [0.15, 0.2) is 0 Å². The van der Waals surface area contributed by atoms with Crippen LogP contribution in [0.2, 0.25) is 0 Å². The Balaban J connectivity index is 1.54. The third-order valence-corrected chi connectivity index (χ3v) is 4.02. The predicted octanol–water partition coefficient (Wildman–Crippen LogP) is 1.73. The highest BCUT2D eigenvalue weighted by Gasteiger charge is 2.24. The molecule has 0 spiro atoms. The van der Waals surface area contributed by atoms with Crippen molar-refractivity contribution in [1.29, 1.82) is 0 Å². The number of nitrogens with one attached hydrogen (secondary N) is 3. The minimum absolute atomic E-state index is 0.313. The molecule has 0 bridgehead atoms. The summed E-state index contributed by atoms with van der Waals surface area (Å²) < 4.78 is 10.8. The Labute approximate surface area is 151 Å². The van der Waals surface area contributed by atoms with E-state index in [0.29, 0.717) is 36.0 Å². The van der Waals surface area contributed by atoms with Crippen LogP contribution in [0.3, 0.4) is 0 Å². The lowest BCUT2D eigenvalue weighted by atomic mass is 10.0. The Hall–Kier alpha value is -2.84. The van der Waals surface area contributed by atoms with E-state index in [0.717, 1.165) is 6.54 Å². The quantitative estimate of drug-likeness (QED) is 0.649. The van der Waals surface area contributed by atoms with Crippen molar-refractivity contribution in [1.82, 2.24) is 15.6 Å². The van der Waals surface area contributed by atoms with Crippen LogP contribution in [0, 0.1) is 0 Å². The maximum absolute atomic E-state index is 12.0. The summed E-state index contributed by atoms with van der Waals surface area (Å²) in [4.78, 5) is 16.2. The number of rotatable bonds is 5. The topological polar surface area (TPSA) is 105 Å². The highest BCUT2D eigenvalue weighted by molar-refractivity contribution is 5.89. The predicted molar refractivity (Wildman–Crippen MR) is 96.7 cm³/mol. The van der Waals surface area contributed by atoms with Gasteiger partial charge in [-0.05, 0) is 31.2 Å². The largest absolute Gasteiger partial charge is 0.497 e. The molecular weight excluding hydrogens is 336 g/mol. The number of hydrogen-bond acceptors (Lipinski definition) is 6. The number of aliphatic hydroxyl groups excluding tert-OH is 1. The van der Waals surface area contributed by atoms with Gasteiger partial charge in [-0.25, -0.2) is 9.78 Å². The van der Waals surface area contributed by atoms with Gasteiger partial charge in [-0.3, -0.25) is 0 Å². The second-order valence-electron chi connectivity index (χ2n) is 5.93. The first kappa shape index (κ1) is 18.0. The summed E-state index contributed by atoms with van der Waals surface area (Å²) in [6.45, 7) is 1.29. The normalized spacial score (nSPS) is 19.5. The number of carbonyl (C=O) groups excluding carboxylic acids is 1. The Morgan fingerprint density at radius 1 is 1.31 bits per heavy atom. The molecule has 3 rings (SSSR count). The first-order chi connectivity index (χ1) is 12.6. The summed E-state index contributed by atoms with van der Waals surface area (Å²) in [6.07, 6.45) is 1.58. The summed E-state index contributed by atoms with van der Waals surface area (Å²) in [5, 5.41) is 18.5. The number of nitrogens with zero attached hydrogens (tertiary/aromatic N) is 1. The third-order valence-electron chi connectivity index (χ3n) is 4.02. The van der Waals surface area contributed by atoms with Crippen LogP contribution in [0.5, 0.6) is 17.4 Å². The average Bonchev–Trinajstić information content (AvgIpc) is 2.65. The second-order valence-corrected chi connectivity index (χ2v) is 5.93. The zero-order chi connectivity index (χ0) is 18.4. The van der Waals surface area contributed by atoms with E-state index in [1.165, 1.54) is 6.20 Å². The molecule has 138 valence electrons. The molecule has 0 saturated carbocycles. The van der Waals surface area contributed by atoms with E-state index in [-0.39, 0.29) is 12.1 Å². The number of ether oxygens (including phenoxy) is 2. The number of hydrogen-bond donors (Lipinski definition) is 4. The molecule has 2 atom stereocenters. The maximum Gasteiger partial charge on any atom is 0.319 e. The van der Waals surface area contributed by atoms with Crippen LogP contribution in [-0.4, -0.2) is 48.5 Å². The molecule has 0 aliphatic carbocycles. The first-order valence-electron chi connectivity index (χ1n) is 8.38. The van der Waals surface area contributed by atoms with Crippen molar-refractivity contribution in [3.63, 3.8) is 0 Å². The number of aromatic nitrogens is 1. The summed E-state index contributed by atoms with van der Waals surface area (Å²) >= 11 is 0. The molecule has 2 heterocycles. The van der Waals surface area contributed by atoms with Gasteiger partial charge in [0.25, 0.3) is 0 Å². The molecule has 2 aromatic rings. The first-order valence-corrected chi connectivity index (χ1v) is 8.38. The molecule has 1 aromatic heterocycles. The summed E-state index contributed by atoms with van der Waals surface area (Å²) in [5.41, 5.74) is 0.527. The lowest BCUT2D eigenvalue weighted by Crippen LogP contribution is -2.54. The van der Waals surface area contributed by atoms with Gasteiger partial charge in [0.1, 0.15) is 11.5 Å². The lowest BCUT2D eigenvalue weighted by molar-refractivity contribution is 0.103. The Bertz CT molecular complexity index is 738. The van der Waals surface area contributed by atoms with Crippen LogP contribution in [0.4, 0.5) is 10.5 Å². The van der Waals surface area contributed by atoms with Gasteiger partial charge in [-0.15, -0.1) is 0 Å². The second kappa shape index (κ2) is 8.50. The Kier molecular flexibility index (Phi) is 5.88. The number of amides is 2. The van der Waals surface area contributed by atoms with E-state index >= 15 is 0 Å². The van der Waals surface area contributed by atoms with Crippen LogP contribution in [0.1, 0.15) is 6.42 Å². The maximum atomic E-state index is 12.0. The minimum atomic E-state index is -0.543. The molecular formula is C18H22N4O4. The van der Waals surface area contributed by atoms with Crippen molar-refractivity contribution in [3.05, 3.63) is 42.6 Å². The van der Waals surface area contributed by atoms with Crippen molar-refractivity contribution >= 4 is 11.7 Å². The van der Waals surface area contributed by atoms with Crippen LogP contribution < -0.4 is 25.4 Å². The van der Waals surface area contributed by atoms with Gasteiger partial charge in [-0.2, -0.15) is 0 Å². The van der Waals surface area contributed by atoms with Gasteiger partial charge in [0, 0.05) is 18.7 Å². The highest BCUT2D eigenvalue weighted by Crippen LogP contribution is 2.24. The minimum Gasteiger partial charge on any atom is -0.497 e. The zero-order valence-corrected chi connectivity index (χ0v) is 14.4. The number of anilines is 1. The molecule has 2 amide bonds. The Morgan fingerprint density at radius 2 is 2.15 bits per heavy atom. The number of pyridine rings is 1. The van der Waals surface area contributed by atoms with Crippen molar-refractivity contribution < 1.29 is 19.4 Å². The summed E-state index contributed by atoms with van der Waals surface area (Å²) in [5.74, 6) is 1.70. The molecule has 0 unspecified atom stereocenters. The molecule has 26 heavy (non-hydrogen) atoms. The van der Waals surface area contributed by atoms with Crippen LogP contribution in [-0.2, 0) is 0 Å². The van der Waals surface area contributed by atoms with Crippen molar-refractivity contribution in [2.45, 2.75) is 18.6 Å². The number of methoxy groups -OCH3 is 1. The van der Waals surface area contributed by atoms with Crippen molar-refractivity contribution in [3.8, 4) is 17.4 Å². The van der Waals surface area contributed by atoms with Gasteiger partial charge >= 0.3 is 6.03 Å². The molecule has 1 fully saturated rings. The number of piperidine rings is 1. The van der Waals surface area contributed by atoms with E-state index < -0.39 is 6.10 Å². The van der Waals surface area contributed by atoms with Crippen LogP contribution in [0.15, 0.2) is 42.6 Å². The molecule has 0 radical (unpaired) electrons. The highest BCUT2D eigenvalue weighted by atomic mass is 16.5. The molecule has 1 aromatic carbocycles. The third kappa shape index (κ3) is 4.84. The van der Waals surface area contributed by atoms with Crippen molar-refractivity contribution in [2.75, 3.05) is 25.5 Å². The SMILES string of the molecule is COc1cccc(Oc2ccc(NC(=O)N[C@@H]3CNCC[C@H]3O)cn2)c1. The zero-order valence-electron chi connectivity index (χ0n) is 14.4. The number of carbonyl (C=O) groups is 1. The molecule has 8 nitrogen and oxygen atoms in total. The van der Waals surface area contributed by atoms with Gasteiger partial charge < -0.3 is 30.5 Å². The van der Waals surface area contributed by atoms with Gasteiger partial charge in [0.05, 0.1) is 31.1 Å². The number of urea groups is 1. The smallest absolute Gasteiger partial charge is 0.319 e. The van der Waals surface area contributed by atoms with E-state index in [2.05, 4.69) is 20.9 Å². The van der Waals surface area contributed by atoms with E-state index in [1.807, 2.05) is 12.1 Å².